The van der Waals surface area contributed by atoms with Crippen molar-refractivity contribution in [3.05, 3.63) is 35.3 Å². The zero-order chi connectivity index (χ0) is 19.3. The monoisotopic (exact) mass is 379 g/mol. The lowest BCUT2D eigenvalue weighted by Gasteiger charge is -2.41. The second-order valence-electron chi connectivity index (χ2n) is 8.80. The normalized spacial score (nSPS) is 19.6. The molecule has 2 aromatic heterocycles. The van der Waals surface area contributed by atoms with E-state index in [-0.39, 0.29) is 0 Å². The average Bonchev–Trinajstić information content (AvgIpc) is 3.25. The first-order valence-corrected chi connectivity index (χ1v) is 10.7. The highest BCUT2D eigenvalue weighted by Gasteiger charge is 2.31. The maximum atomic E-state index is 5.70. The summed E-state index contributed by atoms with van der Waals surface area (Å²) in [5.74, 6) is 2.03. The first kappa shape index (κ1) is 17.9. The van der Waals surface area contributed by atoms with Gasteiger partial charge < -0.3 is 9.42 Å². The smallest absolute Gasteiger partial charge is 0.291 e. The first-order chi connectivity index (χ1) is 13.6. The van der Waals surface area contributed by atoms with Crippen LogP contribution in [0.2, 0.25) is 0 Å². The molecule has 5 rings (SSSR count). The van der Waals surface area contributed by atoms with Crippen LogP contribution in [0.3, 0.4) is 0 Å². The third-order valence-electron chi connectivity index (χ3n) is 6.50. The molecule has 6 nitrogen and oxygen atoms in total. The highest BCUT2D eigenvalue weighted by Crippen LogP contribution is 2.33. The summed E-state index contributed by atoms with van der Waals surface area (Å²) >= 11 is 0. The molecule has 0 amide bonds. The van der Waals surface area contributed by atoms with E-state index >= 15 is 0 Å². The van der Waals surface area contributed by atoms with Crippen molar-refractivity contribution in [2.24, 2.45) is 0 Å². The van der Waals surface area contributed by atoms with E-state index < -0.39 is 0 Å². The number of likely N-dealkylation sites (tertiary alicyclic amines) is 1. The molecule has 6 heteroatoms. The van der Waals surface area contributed by atoms with Crippen molar-refractivity contribution >= 4 is 10.9 Å². The number of piperidine rings is 1. The highest BCUT2D eigenvalue weighted by atomic mass is 16.5. The zero-order valence-electron chi connectivity index (χ0n) is 17.1. The van der Waals surface area contributed by atoms with Gasteiger partial charge in [-0.15, -0.1) is 0 Å². The summed E-state index contributed by atoms with van der Waals surface area (Å²) in [7, 11) is 0. The van der Waals surface area contributed by atoms with Gasteiger partial charge in [0.15, 0.2) is 0 Å². The van der Waals surface area contributed by atoms with Crippen LogP contribution in [0.4, 0.5) is 0 Å². The fourth-order valence-corrected chi connectivity index (χ4v) is 4.58. The van der Waals surface area contributed by atoms with E-state index in [1.165, 1.54) is 30.2 Å². The molecule has 0 spiro atoms. The lowest BCUT2D eigenvalue weighted by molar-refractivity contribution is 0.0923. The number of nitrogens with zero attached hydrogens (tertiary/aromatic N) is 5. The predicted octanol–water partition coefficient (Wildman–Crippen LogP) is 4.57. The summed E-state index contributed by atoms with van der Waals surface area (Å²) in [6.45, 7) is 8.75. The Balaban J connectivity index is 1.40. The van der Waals surface area contributed by atoms with Crippen LogP contribution < -0.4 is 0 Å². The van der Waals surface area contributed by atoms with E-state index in [2.05, 4.69) is 49.0 Å². The van der Waals surface area contributed by atoms with Crippen LogP contribution in [0.5, 0.6) is 0 Å². The van der Waals surface area contributed by atoms with Crippen molar-refractivity contribution in [2.75, 3.05) is 13.1 Å². The predicted molar refractivity (Wildman–Crippen MR) is 109 cm³/mol. The molecule has 1 saturated carbocycles. The van der Waals surface area contributed by atoms with Crippen LogP contribution in [0.15, 0.2) is 22.7 Å². The first-order valence-electron chi connectivity index (χ1n) is 10.7. The molecule has 0 atom stereocenters. The molecule has 1 aliphatic heterocycles. The maximum Gasteiger partial charge on any atom is 0.291 e. The van der Waals surface area contributed by atoms with Gasteiger partial charge in [0.25, 0.3) is 5.95 Å². The molecule has 148 valence electrons. The lowest BCUT2D eigenvalue weighted by atomic mass is 9.88. The van der Waals surface area contributed by atoms with Crippen molar-refractivity contribution in [3.63, 3.8) is 0 Å². The van der Waals surface area contributed by atoms with Gasteiger partial charge in [-0.3, -0.25) is 0 Å². The fraction of sp³-hybridized carbons (Fsp3) is 0.591. The van der Waals surface area contributed by atoms with Gasteiger partial charge in [0.1, 0.15) is 0 Å². The van der Waals surface area contributed by atoms with Gasteiger partial charge in [-0.1, -0.05) is 31.9 Å². The number of benzene rings is 1. The molecule has 28 heavy (non-hydrogen) atoms. The Morgan fingerprint density at radius 1 is 1.11 bits per heavy atom. The highest BCUT2D eigenvalue weighted by molar-refractivity contribution is 5.84. The maximum absolute atomic E-state index is 5.70. The van der Waals surface area contributed by atoms with Crippen LogP contribution in [0, 0.1) is 6.92 Å². The van der Waals surface area contributed by atoms with E-state index in [4.69, 9.17) is 14.6 Å². The Hall–Kier alpha value is -2.21. The number of fused-ring (bicyclic) bond motifs is 1. The SMILES string of the molecule is Cc1ccc2c(c1)c(C(C)C)nn2-c1noc(C2CCN(C3CCC3)CC2)n1. The van der Waals surface area contributed by atoms with Gasteiger partial charge in [-0.2, -0.15) is 14.8 Å². The number of aromatic nitrogens is 4. The van der Waals surface area contributed by atoms with Crippen LogP contribution in [-0.4, -0.2) is 44.0 Å². The molecule has 0 bridgehead atoms. The zero-order valence-corrected chi connectivity index (χ0v) is 17.1. The summed E-state index contributed by atoms with van der Waals surface area (Å²) < 4.78 is 7.54. The summed E-state index contributed by atoms with van der Waals surface area (Å²) in [4.78, 5) is 7.41. The molecule has 0 radical (unpaired) electrons. The van der Waals surface area contributed by atoms with Crippen LogP contribution in [0.25, 0.3) is 16.9 Å². The molecular formula is C22H29N5O. The van der Waals surface area contributed by atoms with Crippen LogP contribution in [-0.2, 0) is 0 Å². The summed E-state index contributed by atoms with van der Waals surface area (Å²) in [6, 6.07) is 7.25. The number of rotatable bonds is 4. The number of hydrogen-bond acceptors (Lipinski definition) is 5. The van der Waals surface area contributed by atoms with Crippen molar-refractivity contribution in [2.45, 2.75) is 70.8 Å². The average molecular weight is 380 g/mol. The van der Waals surface area contributed by atoms with E-state index in [9.17, 15) is 0 Å². The fourth-order valence-electron chi connectivity index (χ4n) is 4.58. The quantitative estimate of drug-likeness (QED) is 0.664. The van der Waals surface area contributed by atoms with Crippen molar-refractivity contribution < 1.29 is 4.52 Å². The standard InChI is InChI=1S/C22H29N5O/c1-14(2)20-18-13-15(3)7-8-19(18)27(24-20)22-23-21(28-25-22)16-9-11-26(12-10-16)17-5-4-6-17/h7-8,13-14,16-17H,4-6,9-12H2,1-3H3. The minimum atomic E-state index is 0.341. The summed E-state index contributed by atoms with van der Waals surface area (Å²) in [5, 5.41) is 10.3. The molecule has 0 N–H and O–H groups in total. The van der Waals surface area contributed by atoms with E-state index in [0.717, 1.165) is 49.1 Å². The van der Waals surface area contributed by atoms with E-state index in [1.54, 1.807) is 0 Å². The third-order valence-corrected chi connectivity index (χ3v) is 6.50. The van der Waals surface area contributed by atoms with Crippen LogP contribution in [0.1, 0.15) is 74.9 Å². The molecule has 2 aliphatic rings. The second kappa shape index (κ2) is 6.99. The third kappa shape index (κ3) is 3.04. The van der Waals surface area contributed by atoms with E-state index in [1.807, 2.05) is 4.68 Å². The van der Waals surface area contributed by atoms with Gasteiger partial charge in [0.05, 0.1) is 11.2 Å². The molecule has 3 heterocycles. The number of hydrogen-bond donors (Lipinski definition) is 0. The van der Waals surface area contributed by atoms with E-state index in [0.29, 0.717) is 17.8 Å². The van der Waals surface area contributed by atoms with Crippen molar-refractivity contribution in [1.82, 2.24) is 24.8 Å². The molecule has 3 aromatic rings. The lowest BCUT2D eigenvalue weighted by Crippen LogP contribution is -2.44. The van der Waals surface area contributed by atoms with Gasteiger partial charge in [-0.05, 0) is 68.9 Å². The molecule has 1 aromatic carbocycles. The molecule has 0 unspecified atom stereocenters. The Labute approximate surface area is 165 Å². The minimum absolute atomic E-state index is 0.341. The van der Waals surface area contributed by atoms with Crippen molar-refractivity contribution in [1.29, 1.82) is 0 Å². The van der Waals surface area contributed by atoms with Gasteiger partial charge in [0.2, 0.25) is 5.89 Å². The Kier molecular flexibility index (Phi) is 4.46. The Bertz CT molecular complexity index is 976. The van der Waals surface area contributed by atoms with Gasteiger partial charge in [0, 0.05) is 17.3 Å². The molecule has 1 saturated heterocycles. The number of aryl methyl sites for hydroxylation is 1. The van der Waals surface area contributed by atoms with Gasteiger partial charge in [-0.25, -0.2) is 0 Å². The van der Waals surface area contributed by atoms with Crippen LogP contribution >= 0.6 is 0 Å². The molecular weight excluding hydrogens is 350 g/mol. The molecule has 1 aliphatic carbocycles. The Morgan fingerprint density at radius 2 is 1.89 bits per heavy atom. The second-order valence-corrected chi connectivity index (χ2v) is 8.80. The molecule has 2 fully saturated rings. The summed E-state index contributed by atoms with van der Waals surface area (Å²) in [5.41, 5.74) is 3.36. The Morgan fingerprint density at radius 3 is 2.57 bits per heavy atom. The van der Waals surface area contributed by atoms with Crippen molar-refractivity contribution in [3.8, 4) is 5.95 Å². The minimum Gasteiger partial charge on any atom is -0.337 e. The summed E-state index contributed by atoms with van der Waals surface area (Å²) in [6.07, 6.45) is 6.36. The topological polar surface area (TPSA) is 60.0 Å². The largest absolute Gasteiger partial charge is 0.337 e. The van der Waals surface area contributed by atoms with Gasteiger partial charge >= 0.3 is 0 Å².